The van der Waals surface area contributed by atoms with Crippen LogP contribution in [0.25, 0.3) is 0 Å². The van der Waals surface area contributed by atoms with Gasteiger partial charge in [0.15, 0.2) is 5.79 Å². The van der Waals surface area contributed by atoms with Gasteiger partial charge in [0.1, 0.15) is 0 Å². The Morgan fingerprint density at radius 3 is 2.07 bits per heavy atom. The maximum absolute atomic E-state index is 6.46. The maximum atomic E-state index is 6.46. The Balaban J connectivity index is 2.09. The van der Waals surface area contributed by atoms with Crippen LogP contribution < -0.4 is 0 Å². The van der Waals surface area contributed by atoms with E-state index in [0.717, 1.165) is 25.6 Å². The lowest BCUT2D eigenvalue weighted by molar-refractivity contribution is -0.277. The Labute approximate surface area is 179 Å². The molecule has 0 radical (unpaired) electrons. The van der Waals surface area contributed by atoms with Gasteiger partial charge < -0.3 is 14.2 Å². The Kier molecular flexibility index (Phi) is 11.9. The van der Waals surface area contributed by atoms with Gasteiger partial charge in [-0.2, -0.15) is 0 Å². The van der Waals surface area contributed by atoms with Crippen molar-refractivity contribution >= 4 is 0 Å². The molecule has 0 aliphatic carbocycles. The van der Waals surface area contributed by atoms with E-state index in [1.54, 1.807) is 0 Å². The summed E-state index contributed by atoms with van der Waals surface area (Å²) in [6.45, 7) is 9.68. The van der Waals surface area contributed by atoms with Crippen LogP contribution in [0.4, 0.5) is 0 Å². The largest absolute Gasteiger partial charge is 0.381 e. The molecule has 0 N–H and O–H groups in total. The molecule has 2 rings (SSSR count). The van der Waals surface area contributed by atoms with Crippen LogP contribution in [0.1, 0.15) is 90.5 Å². The summed E-state index contributed by atoms with van der Waals surface area (Å²) in [4.78, 5) is 0. The van der Waals surface area contributed by atoms with Crippen molar-refractivity contribution in [3.63, 3.8) is 0 Å². The average molecular weight is 405 g/mol. The van der Waals surface area contributed by atoms with E-state index in [-0.39, 0.29) is 0 Å². The molecule has 0 bridgehead atoms. The van der Waals surface area contributed by atoms with Crippen LogP contribution in [-0.2, 0) is 20.0 Å². The van der Waals surface area contributed by atoms with Gasteiger partial charge in [0.05, 0.1) is 13.2 Å². The fraction of sp³-hybridized carbons (Fsp3) is 0.769. The summed E-state index contributed by atoms with van der Waals surface area (Å²) >= 11 is 0. The van der Waals surface area contributed by atoms with Crippen molar-refractivity contribution in [2.75, 3.05) is 26.4 Å². The molecule has 0 aromatic heterocycles. The number of unbranched alkanes of at least 4 members (excludes halogenated alkanes) is 5. The molecule has 1 atom stereocenters. The molecule has 1 aliphatic heterocycles. The normalized spacial score (nSPS) is 16.0. The molecule has 1 aromatic rings. The number of ether oxygens (including phenoxy) is 3. The van der Waals surface area contributed by atoms with Crippen LogP contribution in [0.2, 0.25) is 0 Å². The van der Waals surface area contributed by atoms with E-state index < -0.39 is 5.79 Å². The topological polar surface area (TPSA) is 27.7 Å². The molecule has 1 aliphatic rings. The average Bonchev–Trinajstić information content (AvgIpc) is 2.71. The molecule has 1 unspecified atom stereocenters. The Hall–Kier alpha value is -0.900. The van der Waals surface area contributed by atoms with E-state index in [2.05, 4.69) is 51.1 Å². The molecule has 1 fully saturated rings. The van der Waals surface area contributed by atoms with E-state index in [0.29, 0.717) is 19.1 Å². The summed E-state index contributed by atoms with van der Waals surface area (Å²) in [6, 6.07) is 10.6. The van der Waals surface area contributed by atoms with Crippen molar-refractivity contribution in [1.82, 2.24) is 0 Å². The highest BCUT2D eigenvalue weighted by atomic mass is 16.7. The number of hydrogen-bond donors (Lipinski definition) is 0. The molecule has 0 spiro atoms. The summed E-state index contributed by atoms with van der Waals surface area (Å²) in [5.74, 6) is 0.525. The van der Waals surface area contributed by atoms with Gasteiger partial charge in [-0.1, -0.05) is 82.2 Å². The van der Waals surface area contributed by atoms with Crippen LogP contribution in [-0.4, -0.2) is 26.4 Å². The van der Waals surface area contributed by atoms with Crippen LogP contribution in [0.3, 0.4) is 0 Å². The van der Waals surface area contributed by atoms with Crippen molar-refractivity contribution in [2.24, 2.45) is 11.8 Å². The van der Waals surface area contributed by atoms with Crippen molar-refractivity contribution in [2.45, 2.75) is 90.8 Å². The Morgan fingerprint density at radius 1 is 0.862 bits per heavy atom. The van der Waals surface area contributed by atoms with E-state index in [4.69, 9.17) is 14.2 Å². The molecular formula is C26H44O3. The van der Waals surface area contributed by atoms with E-state index >= 15 is 0 Å². The molecule has 1 heterocycles. The summed E-state index contributed by atoms with van der Waals surface area (Å²) < 4.78 is 18.3. The predicted molar refractivity (Wildman–Crippen MR) is 121 cm³/mol. The van der Waals surface area contributed by atoms with Crippen molar-refractivity contribution in [3.8, 4) is 0 Å². The first-order valence-corrected chi connectivity index (χ1v) is 12.2. The van der Waals surface area contributed by atoms with Gasteiger partial charge in [-0.05, 0) is 33.1 Å². The minimum absolute atomic E-state index is 0.386. The maximum Gasteiger partial charge on any atom is 0.197 e. The molecule has 166 valence electrons. The highest BCUT2D eigenvalue weighted by molar-refractivity contribution is 5.21. The molecule has 1 saturated heterocycles. The highest BCUT2D eigenvalue weighted by Crippen LogP contribution is 2.41. The highest BCUT2D eigenvalue weighted by Gasteiger charge is 2.41. The molecule has 0 amide bonds. The van der Waals surface area contributed by atoms with E-state index in [1.807, 2.05) is 0 Å². The first-order valence-electron chi connectivity index (χ1n) is 12.2. The number of rotatable bonds is 17. The third-order valence-electron chi connectivity index (χ3n) is 6.21. The summed E-state index contributed by atoms with van der Waals surface area (Å²) in [6.07, 6.45) is 12.8. The molecule has 29 heavy (non-hydrogen) atoms. The zero-order chi connectivity index (χ0) is 20.8. The van der Waals surface area contributed by atoms with Crippen LogP contribution in [0.15, 0.2) is 30.3 Å². The third kappa shape index (κ3) is 7.70. The van der Waals surface area contributed by atoms with Crippen molar-refractivity contribution in [1.29, 1.82) is 0 Å². The lowest BCUT2D eigenvalue weighted by Gasteiger charge is -2.41. The number of benzene rings is 1. The van der Waals surface area contributed by atoms with Crippen LogP contribution in [0.5, 0.6) is 0 Å². The van der Waals surface area contributed by atoms with Gasteiger partial charge in [0.2, 0.25) is 0 Å². The summed E-state index contributed by atoms with van der Waals surface area (Å²) in [5, 5.41) is 0. The monoisotopic (exact) mass is 404 g/mol. The minimum Gasteiger partial charge on any atom is -0.381 e. The molecule has 0 saturated carbocycles. The quantitative estimate of drug-likeness (QED) is 0.205. The standard InChI is InChI=1S/C26H44O3/c1-4-7-8-9-10-12-17-25(20-15-16-23-21-27-22-23)26(28-5-2,29-6-3)24-18-13-11-14-19-24/h11,13-14,18-19,23,25H,4-10,12,15-17,20-22H2,1-3H3. The number of hydrogen-bond acceptors (Lipinski definition) is 3. The van der Waals surface area contributed by atoms with Crippen LogP contribution in [0, 0.1) is 11.8 Å². The Bertz CT molecular complexity index is 506. The lowest BCUT2D eigenvalue weighted by atomic mass is 9.82. The zero-order valence-electron chi connectivity index (χ0n) is 19.2. The van der Waals surface area contributed by atoms with Gasteiger partial charge in [0.25, 0.3) is 0 Å². The second kappa shape index (κ2) is 14.2. The van der Waals surface area contributed by atoms with Gasteiger partial charge in [0, 0.05) is 30.6 Å². The molecule has 3 nitrogen and oxygen atoms in total. The van der Waals surface area contributed by atoms with Crippen molar-refractivity contribution < 1.29 is 14.2 Å². The first-order chi connectivity index (χ1) is 14.3. The SMILES string of the molecule is CCCCCCCCC(CCCC1COC1)C(OCC)(OCC)c1ccccc1. The third-order valence-corrected chi connectivity index (χ3v) is 6.21. The minimum atomic E-state index is -0.621. The van der Waals surface area contributed by atoms with Crippen LogP contribution >= 0.6 is 0 Å². The van der Waals surface area contributed by atoms with Crippen molar-refractivity contribution in [3.05, 3.63) is 35.9 Å². The zero-order valence-corrected chi connectivity index (χ0v) is 19.2. The van der Waals surface area contributed by atoms with Gasteiger partial charge in [-0.15, -0.1) is 0 Å². The molecule has 3 heteroatoms. The lowest BCUT2D eigenvalue weighted by Crippen LogP contribution is -2.41. The smallest absolute Gasteiger partial charge is 0.197 e. The fourth-order valence-corrected chi connectivity index (χ4v) is 4.58. The molecular weight excluding hydrogens is 360 g/mol. The summed E-state index contributed by atoms with van der Waals surface area (Å²) in [5.41, 5.74) is 1.17. The van der Waals surface area contributed by atoms with Gasteiger partial charge in [-0.3, -0.25) is 0 Å². The Morgan fingerprint density at radius 2 is 1.48 bits per heavy atom. The predicted octanol–water partition coefficient (Wildman–Crippen LogP) is 7.10. The second-order valence-electron chi connectivity index (χ2n) is 8.49. The second-order valence-corrected chi connectivity index (χ2v) is 8.49. The van der Waals surface area contributed by atoms with E-state index in [1.165, 1.54) is 63.4 Å². The molecule has 1 aromatic carbocycles. The van der Waals surface area contributed by atoms with Gasteiger partial charge >= 0.3 is 0 Å². The fourth-order valence-electron chi connectivity index (χ4n) is 4.58. The first kappa shape index (κ1) is 24.4. The van der Waals surface area contributed by atoms with E-state index in [9.17, 15) is 0 Å². The van der Waals surface area contributed by atoms with Gasteiger partial charge in [-0.25, -0.2) is 0 Å². The summed E-state index contributed by atoms with van der Waals surface area (Å²) in [7, 11) is 0.